The minimum Gasteiger partial charge on any atom is -0.753 e. The van der Waals surface area contributed by atoms with Crippen LogP contribution < -0.4 is 10.2 Å². The van der Waals surface area contributed by atoms with Crippen molar-refractivity contribution in [2.24, 2.45) is 0 Å². The second kappa shape index (κ2) is 70.2. The zero-order chi connectivity index (χ0) is 89.3. The van der Waals surface area contributed by atoms with Gasteiger partial charge in [-0.05, 0) is 148 Å². The normalized spacial score (nSPS) is 9.67. The summed E-state index contributed by atoms with van der Waals surface area (Å²) in [6.45, 7) is 30.0. The van der Waals surface area contributed by atoms with Gasteiger partial charge in [0.05, 0.1) is 143 Å². The molecule has 8 aromatic heterocycles. The molecule has 8 rings (SSSR count). The number of carbonyl (C=O) groups excluding carboxylic acids is 2. The van der Waals surface area contributed by atoms with E-state index in [1.807, 2.05) is 0 Å². The summed E-state index contributed by atoms with van der Waals surface area (Å²) in [7, 11) is 0. The average molecular weight is 1890 g/mol. The fraction of sp³-hybridized carbons (Fsp3) is 0.381. The van der Waals surface area contributed by atoms with Crippen LogP contribution in [0.3, 0.4) is 0 Å². The summed E-state index contributed by atoms with van der Waals surface area (Å²) in [5.74, 6) is -9.13. The van der Waals surface area contributed by atoms with Crippen LogP contribution in [0.2, 0.25) is 0 Å². The standard InChI is InChI=1S/2C16H36N.4C12H8N2O4.4CNS.2Ru/c2*1-5-9-13-17(14-10-6-2,15-11-7-3)16-12-8-4;4*15-11(16)7-1-3-13-9(5-7)10-6-8(12(17)18)2-4-14-10;4*2-1-3;;/h2*5-16H2,1-4H3;4*1-6H,(H,15,16)(H,17,18);;;;;;/q2*+1;;;;;4*-1;2*+2/p-2. The van der Waals surface area contributed by atoms with Gasteiger partial charge in [0.25, 0.3) is 0 Å². The largest absolute Gasteiger partial charge is 2.00 e. The maximum absolute atomic E-state index is 10.8. The Balaban J connectivity index is -0.000000652. The van der Waals surface area contributed by atoms with Crippen molar-refractivity contribution in [1.29, 1.82) is 0 Å². The topological polar surface area (TPSA) is 496 Å². The van der Waals surface area contributed by atoms with Crippen molar-refractivity contribution >= 4 is 117 Å². The number of quaternary nitrogens is 2. The molecule has 0 saturated carbocycles. The zero-order valence-corrected chi connectivity index (χ0v) is 74.9. The quantitative estimate of drug-likeness (QED) is 0.00919. The van der Waals surface area contributed by atoms with Crippen LogP contribution in [0.4, 0.5) is 0 Å². The van der Waals surface area contributed by atoms with Gasteiger partial charge in [-0.25, -0.2) is 28.8 Å². The summed E-state index contributed by atoms with van der Waals surface area (Å²) in [4.78, 5) is 118. The number of isothiocyanates is 4. The minimum absolute atomic E-state index is 0. The van der Waals surface area contributed by atoms with Crippen molar-refractivity contribution < 1.29 is 127 Å². The Morgan fingerprint density at radius 2 is 0.383 bits per heavy atom. The molecule has 8 aromatic rings. The van der Waals surface area contributed by atoms with Gasteiger partial charge in [0, 0.05) is 60.7 Å². The van der Waals surface area contributed by atoms with Crippen LogP contribution in [0.15, 0.2) is 147 Å². The molecule has 0 aliphatic carbocycles. The number of carboxylic acids is 8. The van der Waals surface area contributed by atoms with E-state index in [-0.39, 0.29) is 106 Å². The Labute approximate surface area is 747 Å². The second-order valence-corrected chi connectivity index (χ2v) is 26.2. The van der Waals surface area contributed by atoms with Crippen molar-refractivity contribution in [3.63, 3.8) is 0 Å². The Morgan fingerprint density at radius 1 is 0.275 bits per heavy atom. The SMILES string of the molecule is CCCC[N+](CCCC)(CCCC)CCCC.CCCC[N+](CCCC)(CCCC)CCCC.O=C(O)c1ccnc(-c2cc(C(=O)O)ccn2)c1.O=C(O)c1ccnc(-c2cc(C(=O)O)ccn2)c1.O=C([O-])c1ccnc(-c2cc(C(=O)O)ccn2)c1.O=C([O-])c1ccnc(-c2cc(C(=O)O)ccn2)c1.[N-]=C=S.[N-]=C=S.[N-]=C=S.[N-]=C=S.[Ru+2].[Ru+2]. The molecular weight excluding hydrogens is 1790 g/mol. The van der Waals surface area contributed by atoms with E-state index >= 15 is 0 Å². The summed E-state index contributed by atoms with van der Waals surface area (Å²) < 4.78 is 2.84. The van der Waals surface area contributed by atoms with E-state index in [4.69, 9.17) is 52.3 Å². The molecule has 0 atom stereocenters. The first kappa shape index (κ1) is 116. The van der Waals surface area contributed by atoms with Crippen molar-refractivity contribution in [2.45, 2.75) is 158 Å². The molecule has 0 bridgehead atoms. The summed E-state index contributed by atoms with van der Waals surface area (Å²) in [5, 5.41) is 108. The summed E-state index contributed by atoms with van der Waals surface area (Å²) in [6.07, 6.45) is 32.7. The van der Waals surface area contributed by atoms with E-state index in [9.17, 15) is 48.6 Å². The van der Waals surface area contributed by atoms with Crippen LogP contribution in [0.25, 0.3) is 67.2 Å². The third kappa shape index (κ3) is 49.0. The fourth-order valence-electron chi connectivity index (χ4n) is 10.9. The minimum atomic E-state index is -1.33. The first-order valence-corrected chi connectivity index (χ1v) is 39.4. The molecule has 0 radical (unpaired) electrons. The average Bonchev–Trinajstić information content (AvgIpc) is 0.850. The van der Waals surface area contributed by atoms with Crippen LogP contribution >= 0.6 is 48.9 Å². The number of thiocarbonyl (C=S) groups is 4. The van der Waals surface area contributed by atoms with E-state index in [2.05, 4.69) is 144 Å². The number of aromatic nitrogens is 8. The Morgan fingerprint density at radius 3 is 0.483 bits per heavy atom. The van der Waals surface area contributed by atoms with E-state index < -0.39 is 47.8 Å². The molecule has 0 spiro atoms. The monoisotopic (exact) mass is 1890 g/mol. The molecule has 0 aliphatic heterocycles. The van der Waals surface area contributed by atoms with Gasteiger partial charge in [-0.2, -0.15) is 20.6 Å². The van der Waals surface area contributed by atoms with Gasteiger partial charge in [-0.15, -0.1) is 0 Å². The molecule has 0 amide bonds. The molecule has 30 nitrogen and oxygen atoms in total. The molecule has 0 aromatic carbocycles. The number of rotatable bonds is 36. The first-order valence-electron chi connectivity index (χ1n) is 37.7. The summed E-state index contributed by atoms with van der Waals surface area (Å²) in [6, 6.07) is 21.3. The van der Waals surface area contributed by atoms with Crippen LogP contribution in [0.1, 0.15) is 241 Å². The van der Waals surface area contributed by atoms with Crippen LogP contribution in [0, 0.1) is 0 Å². The van der Waals surface area contributed by atoms with Gasteiger partial charge in [0.15, 0.2) is 0 Å². The molecule has 0 aliphatic rings. The van der Waals surface area contributed by atoms with Gasteiger partial charge in [0.2, 0.25) is 0 Å². The molecule has 644 valence electrons. The summed E-state index contributed by atoms with van der Waals surface area (Å²) in [5.41, 5.74) is 2.73. The number of hydrogen-bond donors (Lipinski definition) is 6. The van der Waals surface area contributed by atoms with Crippen molar-refractivity contribution in [3.05, 3.63) is 213 Å². The summed E-state index contributed by atoms with van der Waals surface area (Å²) >= 11 is 14.8. The molecule has 36 heteroatoms. The number of pyridine rings is 8. The number of hydrogen-bond acceptors (Lipinski definition) is 22. The van der Waals surface area contributed by atoms with Crippen LogP contribution in [-0.2, 0) is 39.0 Å². The molecular formula is C84H102N14O16Ru2S4. The van der Waals surface area contributed by atoms with Gasteiger partial charge in [-0.1, -0.05) is 156 Å². The second-order valence-electron chi connectivity index (χ2n) is 25.5. The smallest absolute Gasteiger partial charge is 0.753 e. The van der Waals surface area contributed by atoms with Gasteiger partial charge < -0.3 is 81.0 Å². The number of unbranched alkanes of at least 4 members (excludes halogenated alkanes) is 8. The molecule has 120 heavy (non-hydrogen) atoms. The number of carbonyl (C=O) groups is 8. The molecule has 6 N–H and O–H groups in total. The first-order chi connectivity index (χ1) is 56.4. The van der Waals surface area contributed by atoms with Gasteiger partial charge in [0.1, 0.15) is 0 Å². The van der Waals surface area contributed by atoms with Crippen LogP contribution in [0.5, 0.6) is 0 Å². The zero-order valence-electron chi connectivity index (χ0n) is 68.2. The maximum atomic E-state index is 10.8. The third-order valence-electron chi connectivity index (χ3n) is 17.0. The van der Waals surface area contributed by atoms with E-state index in [0.29, 0.717) is 22.8 Å². The Hall–Kier alpha value is -10.7. The van der Waals surface area contributed by atoms with Crippen LogP contribution in [-0.4, -0.2) is 200 Å². The Kier molecular flexibility index (Phi) is 67.6. The van der Waals surface area contributed by atoms with E-state index in [0.717, 1.165) is 0 Å². The molecule has 0 fully saturated rings. The number of aromatic carboxylic acids is 8. The maximum Gasteiger partial charge on any atom is 2.00 e. The predicted molar refractivity (Wildman–Crippen MR) is 463 cm³/mol. The predicted octanol–water partition coefficient (Wildman–Crippen LogP) is 16.1. The number of nitrogens with zero attached hydrogens (tertiary/aromatic N) is 14. The van der Waals surface area contributed by atoms with Gasteiger partial charge >= 0.3 is 74.8 Å². The molecule has 8 heterocycles. The van der Waals surface area contributed by atoms with E-state index in [1.54, 1.807) is 0 Å². The fourth-order valence-corrected chi connectivity index (χ4v) is 10.9. The van der Waals surface area contributed by atoms with Crippen molar-refractivity contribution in [3.8, 4) is 45.6 Å². The molecule has 0 unspecified atom stereocenters. The molecule has 0 saturated heterocycles. The third-order valence-corrected chi connectivity index (χ3v) is 17.0. The number of carboxylic acid groups (broad SMARTS) is 8. The Bertz CT molecular complexity index is 3730. The van der Waals surface area contributed by atoms with Gasteiger partial charge in [-0.3, -0.25) is 39.9 Å². The van der Waals surface area contributed by atoms with Crippen molar-refractivity contribution in [2.75, 3.05) is 52.4 Å². The van der Waals surface area contributed by atoms with E-state index in [1.165, 1.54) is 331 Å². The van der Waals surface area contributed by atoms with Crippen molar-refractivity contribution in [1.82, 2.24) is 39.9 Å².